The maximum absolute atomic E-state index is 13.2. The van der Waals surface area contributed by atoms with Crippen LogP contribution in [-0.2, 0) is 6.18 Å². The van der Waals surface area contributed by atoms with E-state index in [1.54, 1.807) is 6.07 Å². The molecule has 0 aliphatic heterocycles. The molecule has 3 rings (SSSR count). The highest BCUT2D eigenvalue weighted by Crippen LogP contribution is 2.31. The Morgan fingerprint density at radius 1 is 1.17 bits per heavy atom. The molecule has 3 aromatic heterocycles. The van der Waals surface area contributed by atoms with E-state index in [2.05, 4.69) is 33.3 Å². The Bertz CT molecular complexity index is 894. The first kappa shape index (κ1) is 14.9. The third-order valence-electron chi connectivity index (χ3n) is 3.02. The van der Waals surface area contributed by atoms with Gasteiger partial charge in [0.05, 0.1) is 0 Å². The number of hydrogen-bond acceptors (Lipinski definition) is 5. The number of hydrogen-bond donors (Lipinski definition) is 0. The molecule has 118 valence electrons. The fraction of sp³-hybridized carbons (Fsp3) is 0.143. The van der Waals surface area contributed by atoms with E-state index in [0.29, 0.717) is 0 Å². The predicted octanol–water partition coefficient (Wildman–Crippen LogP) is 2.81. The van der Waals surface area contributed by atoms with Crippen molar-refractivity contribution < 1.29 is 17.9 Å². The number of pyridine rings is 1. The third kappa shape index (κ3) is 2.50. The van der Waals surface area contributed by atoms with Crippen LogP contribution in [0.2, 0.25) is 0 Å². The highest BCUT2D eigenvalue weighted by Gasteiger charge is 2.38. The molecule has 0 saturated carbocycles. The number of nitrogens with zero attached hydrogens (tertiary/aromatic N) is 5. The lowest BCUT2D eigenvalue weighted by atomic mass is 10.3. The van der Waals surface area contributed by atoms with Gasteiger partial charge in [0, 0.05) is 6.20 Å². The molecule has 0 bridgehead atoms. The van der Waals surface area contributed by atoms with Crippen molar-refractivity contribution >= 4 is 16.8 Å². The van der Waals surface area contributed by atoms with Crippen LogP contribution in [0.3, 0.4) is 0 Å². The van der Waals surface area contributed by atoms with Crippen LogP contribution in [0.25, 0.3) is 16.8 Å². The standard InChI is InChI=1S/C14H10F3N5O/c1-3-8(4-2)23-12-11-20-21-13(14(15,16)17)22(11)10-9(19-12)6-5-7-18-10/h3-8H,1-2H2. The number of rotatable bonds is 4. The molecule has 23 heavy (non-hydrogen) atoms. The summed E-state index contributed by atoms with van der Waals surface area (Å²) in [6.07, 6.45) is -1.11. The third-order valence-corrected chi connectivity index (χ3v) is 3.02. The van der Waals surface area contributed by atoms with Crippen molar-refractivity contribution in [2.24, 2.45) is 0 Å². The molecule has 0 aromatic carbocycles. The maximum atomic E-state index is 13.2. The Morgan fingerprint density at radius 3 is 2.57 bits per heavy atom. The van der Waals surface area contributed by atoms with Gasteiger partial charge in [0.1, 0.15) is 11.6 Å². The first-order chi connectivity index (χ1) is 11.0. The molecule has 0 atom stereocenters. The Balaban J connectivity index is 2.35. The van der Waals surface area contributed by atoms with E-state index in [9.17, 15) is 13.2 Å². The quantitative estimate of drug-likeness (QED) is 0.691. The van der Waals surface area contributed by atoms with Crippen LogP contribution >= 0.6 is 0 Å². The summed E-state index contributed by atoms with van der Waals surface area (Å²) in [5, 5.41) is 6.77. The van der Waals surface area contributed by atoms with Gasteiger partial charge in [-0.25, -0.2) is 14.4 Å². The highest BCUT2D eigenvalue weighted by molar-refractivity contribution is 5.76. The van der Waals surface area contributed by atoms with E-state index >= 15 is 0 Å². The van der Waals surface area contributed by atoms with Crippen LogP contribution in [-0.4, -0.2) is 30.7 Å². The van der Waals surface area contributed by atoms with Gasteiger partial charge in [-0.05, 0) is 24.3 Å². The van der Waals surface area contributed by atoms with E-state index in [1.807, 2.05) is 0 Å². The predicted molar refractivity (Wildman–Crippen MR) is 75.9 cm³/mol. The zero-order valence-electron chi connectivity index (χ0n) is 11.7. The molecule has 9 heteroatoms. The van der Waals surface area contributed by atoms with Crippen molar-refractivity contribution in [3.63, 3.8) is 0 Å². The Morgan fingerprint density at radius 2 is 1.91 bits per heavy atom. The summed E-state index contributed by atoms with van der Waals surface area (Å²) in [5.74, 6) is -1.31. The molecule has 0 amide bonds. The molecule has 0 radical (unpaired) electrons. The molecule has 3 aromatic rings. The van der Waals surface area contributed by atoms with Gasteiger partial charge in [-0.3, -0.25) is 0 Å². The van der Waals surface area contributed by atoms with Crippen molar-refractivity contribution in [1.82, 2.24) is 24.6 Å². The van der Waals surface area contributed by atoms with Crippen molar-refractivity contribution in [3.05, 3.63) is 49.5 Å². The molecular formula is C14H10F3N5O. The number of alkyl halides is 3. The molecular weight excluding hydrogens is 311 g/mol. The summed E-state index contributed by atoms with van der Waals surface area (Å²) in [4.78, 5) is 8.10. The van der Waals surface area contributed by atoms with E-state index in [0.717, 1.165) is 4.40 Å². The van der Waals surface area contributed by atoms with E-state index in [1.165, 1.54) is 24.4 Å². The molecule has 0 fully saturated rings. The zero-order chi connectivity index (χ0) is 16.6. The van der Waals surface area contributed by atoms with Crippen molar-refractivity contribution in [2.75, 3.05) is 0 Å². The Kier molecular flexibility index (Phi) is 3.47. The van der Waals surface area contributed by atoms with Crippen molar-refractivity contribution in [1.29, 1.82) is 0 Å². The van der Waals surface area contributed by atoms with Gasteiger partial charge in [0.15, 0.2) is 5.65 Å². The molecule has 0 unspecified atom stereocenters. The topological polar surface area (TPSA) is 65.2 Å². The second kappa shape index (κ2) is 5.34. The molecule has 0 aliphatic carbocycles. The van der Waals surface area contributed by atoms with Crippen LogP contribution < -0.4 is 4.74 Å². The lowest BCUT2D eigenvalue weighted by molar-refractivity contribution is -0.145. The van der Waals surface area contributed by atoms with Gasteiger partial charge in [0.25, 0.3) is 5.88 Å². The van der Waals surface area contributed by atoms with Gasteiger partial charge in [0.2, 0.25) is 11.5 Å². The van der Waals surface area contributed by atoms with E-state index in [-0.39, 0.29) is 22.7 Å². The monoisotopic (exact) mass is 321 g/mol. The van der Waals surface area contributed by atoms with Crippen LogP contribution in [0.15, 0.2) is 43.6 Å². The largest absolute Gasteiger partial charge is 0.463 e. The lowest BCUT2D eigenvalue weighted by Gasteiger charge is -2.12. The molecule has 3 heterocycles. The SMILES string of the molecule is C=CC(C=C)Oc1nc2cccnc2n2c(C(F)(F)F)nnc12. The van der Waals surface area contributed by atoms with Gasteiger partial charge in [-0.15, -0.1) is 10.2 Å². The average molecular weight is 321 g/mol. The van der Waals surface area contributed by atoms with Crippen molar-refractivity contribution in [2.45, 2.75) is 12.3 Å². The number of fused-ring (bicyclic) bond motifs is 3. The second-order valence-corrected chi connectivity index (χ2v) is 4.50. The van der Waals surface area contributed by atoms with Gasteiger partial charge in [-0.1, -0.05) is 13.2 Å². The summed E-state index contributed by atoms with van der Waals surface area (Å²) in [6.45, 7) is 7.11. The summed E-state index contributed by atoms with van der Waals surface area (Å²) in [6, 6.07) is 3.08. The van der Waals surface area contributed by atoms with Crippen molar-refractivity contribution in [3.8, 4) is 5.88 Å². The van der Waals surface area contributed by atoms with E-state index < -0.39 is 18.1 Å². The normalized spacial score (nSPS) is 12.0. The highest BCUT2D eigenvalue weighted by atomic mass is 19.4. The van der Waals surface area contributed by atoms with Gasteiger partial charge >= 0.3 is 6.18 Å². The summed E-state index contributed by atoms with van der Waals surface area (Å²) in [5.41, 5.74) is 0.0188. The van der Waals surface area contributed by atoms with Crippen LogP contribution in [0.5, 0.6) is 5.88 Å². The minimum Gasteiger partial charge on any atom is -0.463 e. The first-order valence-electron chi connectivity index (χ1n) is 6.44. The minimum absolute atomic E-state index is 0.0130. The number of halogens is 3. The molecule has 0 saturated heterocycles. The molecule has 0 spiro atoms. The smallest absolute Gasteiger partial charge is 0.452 e. The van der Waals surface area contributed by atoms with Crippen LogP contribution in [0.1, 0.15) is 5.82 Å². The maximum Gasteiger partial charge on any atom is 0.452 e. The zero-order valence-corrected chi connectivity index (χ0v) is 11.7. The fourth-order valence-electron chi connectivity index (χ4n) is 2.01. The first-order valence-corrected chi connectivity index (χ1v) is 6.44. The molecule has 0 N–H and O–H groups in total. The van der Waals surface area contributed by atoms with Gasteiger partial charge in [-0.2, -0.15) is 13.2 Å². The second-order valence-electron chi connectivity index (χ2n) is 4.50. The summed E-state index contributed by atoms with van der Waals surface area (Å²) in [7, 11) is 0. The molecule has 0 aliphatic rings. The average Bonchev–Trinajstić information content (AvgIpc) is 2.98. The minimum atomic E-state index is -4.70. The van der Waals surface area contributed by atoms with Crippen LogP contribution in [0.4, 0.5) is 13.2 Å². The fourth-order valence-corrected chi connectivity index (χ4v) is 2.01. The van der Waals surface area contributed by atoms with Crippen LogP contribution in [0, 0.1) is 0 Å². The number of aromatic nitrogens is 5. The summed E-state index contributed by atoms with van der Waals surface area (Å²) >= 11 is 0. The Labute approximate surface area is 127 Å². The van der Waals surface area contributed by atoms with E-state index in [4.69, 9.17) is 4.74 Å². The number of ether oxygens (including phenoxy) is 1. The molecule has 6 nitrogen and oxygen atoms in total. The van der Waals surface area contributed by atoms with Gasteiger partial charge < -0.3 is 4.74 Å². The lowest BCUT2D eigenvalue weighted by Crippen LogP contribution is -2.14. The summed E-state index contributed by atoms with van der Waals surface area (Å²) < 4.78 is 45.8. The Hall–Kier alpha value is -2.97.